The number of aromatic nitrogens is 1. The van der Waals surface area contributed by atoms with Crippen molar-refractivity contribution in [2.45, 2.75) is 27.3 Å². The number of pyridine rings is 1. The molecule has 0 N–H and O–H groups in total. The minimum absolute atomic E-state index is 0. The molecule has 1 aromatic carbocycles. The van der Waals surface area contributed by atoms with Gasteiger partial charge in [-0.05, 0) is 31.5 Å². The van der Waals surface area contributed by atoms with Crippen LogP contribution in [-0.2, 0) is 11.4 Å². The van der Waals surface area contributed by atoms with Crippen LogP contribution in [0.3, 0.4) is 0 Å². The van der Waals surface area contributed by atoms with Crippen molar-refractivity contribution in [3.8, 4) is 0 Å². The summed E-state index contributed by atoms with van der Waals surface area (Å²) >= 11 is 3.45. The molecule has 5 heteroatoms. The first kappa shape index (κ1) is 18.8. The Balaban J connectivity index is 0.00000242. The Labute approximate surface area is 150 Å². The van der Waals surface area contributed by atoms with E-state index in [-0.39, 0.29) is 17.0 Å². The second-order valence-electron chi connectivity index (χ2n) is 5.06. The highest BCUT2D eigenvalue weighted by molar-refractivity contribution is 9.10. The third kappa shape index (κ3) is 4.40. The fourth-order valence-corrected chi connectivity index (χ4v) is 2.46. The number of aryl methyl sites for hydroxylation is 1. The van der Waals surface area contributed by atoms with Gasteiger partial charge in [0.2, 0.25) is 0 Å². The van der Waals surface area contributed by atoms with Crippen LogP contribution < -0.4 is 21.5 Å². The molecular weight excluding hydrogens is 408 g/mol. The lowest BCUT2D eigenvalue weighted by Crippen LogP contribution is -3.00. The van der Waals surface area contributed by atoms with E-state index in [2.05, 4.69) is 58.7 Å². The smallest absolute Gasteiger partial charge is 0.194 e. The van der Waals surface area contributed by atoms with Gasteiger partial charge in [0, 0.05) is 28.6 Å². The number of nitrogens with zero attached hydrogens (tertiary/aromatic N) is 2. The number of rotatable bonds is 4. The second kappa shape index (κ2) is 8.44. The molecular formula is C17H20Br2N2O. The van der Waals surface area contributed by atoms with Crippen molar-refractivity contribution in [2.24, 2.45) is 5.16 Å². The molecule has 2 aromatic rings. The van der Waals surface area contributed by atoms with E-state index in [0.717, 1.165) is 15.7 Å². The minimum atomic E-state index is 0. The molecule has 0 aliphatic heterocycles. The number of hydrogen-bond acceptors (Lipinski definition) is 2. The van der Waals surface area contributed by atoms with Gasteiger partial charge in [0.1, 0.15) is 7.11 Å². The molecule has 0 amide bonds. The zero-order chi connectivity index (χ0) is 15.4. The van der Waals surface area contributed by atoms with Crippen LogP contribution in [0.4, 0.5) is 0 Å². The lowest BCUT2D eigenvalue weighted by molar-refractivity contribution is -0.688. The number of benzene rings is 1. The molecule has 118 valence electrons. The van der Waals surface area contributed by atoms with Crippen LogP contribution in [0.5, 0.6) is 0 Å². The third-order valence-corrected chi connectivity index (χ3v) is 4.30. The van der Waals surface area contributed by atoms with Crippen molar-refractivity contribution >= 4 is 21.6 Å². The molecule has 0 radical (unpaired) electrons. The molecule has 1 aromatic heterocycles. The van der Waals surface area contributed by atoms with Gasteiger partial charge in [-0.15, -0.1) is 0 Å². The van der Waals surface area contributed by atoms with Gasteiger partial charge >= 0.3 is 0 Å². The summed E-state index contributed by atoms with van der Waals surface area (Å²) in [4.78, 5) is 5.02. The van der Waals surface area contributed by atoms with Gasteiger partial charge in [-0.2, -0.15) is 4.57 Å². The highest BCUT2D eigenvalue weighted by Crippen LogP contribution is 2.12. The van der Waals surface area contributed by atoms with Crippen LogP contribution in [0.1, 0.15) is 22.4 Å². The Morgan fingerprint density at radius 3 is 2.36 bits per heavy atom. The first-order valence-corrected chi connectivity index (χ1v) is 7.64. The highest BCUT2D eigenvalue weighted by atomic mass is 79.9. The fraction of sp³-hybridized carbons (Fsp3) is 0.294. The van der Waals surface area contributed by atoms with E-state index < -0.39 is 0 Å². The van der Waals surface area contributed by atoms with E-state index in [1.807, 2.05) is 24.3 Å². The predicted molar refractivity (Wildman–Crippen MR) is 88.5 cm³/mol. The van der Waals surface area contributed by atoms with Crippen molar-refractivity contribution in [1.29, 1.82) is 0 Å². The molecule has 0 fully saturated rings. The topological polar surface area (TPSA) is 25.5 Å². The first-order valence-electron chi connectivity index (χ1n) is 6.85. The van der Waals surface area contributed by atoms with E-state index in [9.17, 15) is 0 Å². The molecule has 22 heavy (non-hydrogen) atoms. The standard InChI is InChI=1S/C17H20BrN2O.BrH/c1-12-9-10-20(14(3)13(12)2)11-17(19-21-4)15-5-7-16(18)8-6-15;/h5-10H,11H2,1-4H3;1H/q+1;/p-1/b19-17-;. The van der Waals surface area contributed by atoms with Crippen molar-refractivity contribution in [3.63, 3.8) is 0 Å². The number of oxime groups is 1. The van der Waals surface area contributed by atoms with E-state index in [0.29, 0.717) is 6.54 Å². The molecule has 0 saturated heterocycles. The Morgan fingerprint density at radius 1 is 1.14 bits per heavy atom. The number of hydrogen-bond donors (Lipinski definition) is 0. The maximum atomic E-state index is 5.02. The summed E-state index contributed by atoms with van der Waals surface area (Å²) in [6.45, 7) is 7.09. The molecule has 0 spiro atoms. The highest BCUT2D eigenvalue weighted by Gasteiger charge is 2.16. The second-order valence-corrected chi connectivity index (χ2v) is 5.98. The van der Waals surface area contributed by atoms with Crippen molar-refractivity contribution < 1.29 is 26.4 Å². The van der Waals surface area contributed by atoms with Gasteiger partial charge in [-0.1, -0.05) is 33.2 Å². The van der Waals surface area contributed by atoms with Crippen molar-refractivity contribution in [2.75, 3.05) is 7.11 Å². The monoisotopic (exact) mass is 426 g/mol. The van der Waals surface area contributed by atoms with Crippen LogP contribution in [0.2, 0.25) is 0 Å². The summed E-state index contributed by atoms with van der Waals surface area (Å²) in [5.74, 6) is 0. The van der Waals surface area contributed by atoms with E-state index >= 15 is 0 Å². The molecule has 0 unspecified atom stereocenters. The molecule has 0 bridgehead atoms. The molecule has 1 heterocycles. The fourth-order valence-electron chi connectivity index (χ4n) is 2.20. The van der Waals surface area contributed by atoms with Crippen LogP contribution in [-0.4, -0.2) is 12.8 Å². The predicted octanol–water partition coefficient (Wildman–Crippen LogP) is 0.717. The molecule has 0 saturated carbocycles. The van der Waals surface area contributed by atoms with Gasteiger partial charge in [0.05, 0.1) is 0 Å². The van der Waals surface area contributed by atoms with Crippen LogP contribution >= 0.6 is 15.9 Å². The zero-order valence-electron chi connectivity index (χ0n) is 13.2. The summed E-state index contributed by atoms with van der Waals surface area (Å²) in [6.07, 6.45) is 2.10. The SMILES string of the molecule is CO/N=C(/C[n+]1ccc(C)c(C)c1C)c1ccc(Br)cc1.[Br-]. The summed E-state index contributed by atoms with van der Waals surface area (Å²) in [5.41, 5.74) is 5.82. The average molecular weight is 428 g/mol. The molecule has 0 aliphatic carbocycles. The zero-order valence-corrected chi connectivity index (χ0v) is 16.4. The van der Waals surface area contributed by atoms with Gasteiger partial charge < -0.3 is 21.8 Å². The largest absolute Gasteiger partial charge is 1.00 e. The maximum Gasteiger partial charge on any atom is 0.194 e. The van der Waals surface area contributed by atoms with E-state index in [1.54, 1.807) is 7.11 Å². The summed E-state index contributed by atoms with van der Waals surface area (Å²) in [7, 11) is 1.58. The first-order chi connectivity index (χ1) is 10.0. The lowest BCUT2D eigenvalue weighted by Gasteiger charge is -2.08. The summed E-state index contributed by atoms with van der Waals surface area (Å²) in [5, 5.41) is 4.19. The van der Waals surface area contributed by atoms with Gasteiger partial charge in [0.15, 0.2) is 24.1 Å². The maximum absolute atomic E-state index is 5.02. The Kier molecular flexibility index (Phi) is 7.23. The number of halogens is 2. The van der Waals surface area contributed by atoms with Crippen LogP contribution in [0.15, 0.2) is 46.2 Å². The third-order valence-electron chi connectivity index (χ3n) is 3.77. The average Bonchev–Trinajstić information content (AvgIpc) is 2.48. The van der Waals surface area contributed by atoms with Gasteiger partial charge in [-0.3, -0.25) is 0 Å². The van der Waals surface area contributed by atoms with Crippen molar-refractivity contribution in [1.82, 2.24) is 0 Å². The normalized spacial score (nSPS) is 11.0. The van der Waals surface area contributed by atoms with E-state index in [1.165, 1.54) is 16.8 Å². The Bertz CT molecular complexity index is 667. The Morgan fingerprint density at radius 2 is 1.77 bits per heavy atom. The molecule has 0 atom stereocenters. The quantitative estimate of drug-likeness (QED) is 0.401. The van der Waals surface area contributed by atoms with Gasteiger partial charge in [0.25, 0.3) is 0 Å². The lowest BCUT2D eigenvalue weighted by atomic mass is 10.1. The molecule has 0 aliphatic rings. The van der Waals surface area contributed by atoms with Gasteiger partial charge in [-0.25, -0.2) is 0 Å². The summed E-state index contributed by atoms with van der Waals surface area (Å²) < 4.78 is 3.25. The summed E-state index contributed by atoms with van der Waals surface area (Å²) in [6, 6.07) is 10.2. The minimum Gasteiger partial charge on any atom is -1.00 e. The van der Waals surface area contributed by atoms with Crippen LogP contribution in [0.25, 0.3) is 0 Å². The van der Waals surface area contributed by atoms with Crippen molar-refractivity contribution in [3.05, 3.63) is 63.4 Å². The Hall–Kier alpha value is -1.20. The van der Waals surface area contributed by atoms with E-state index in [4.69, 9.17) is 4.84 Å². The molecule has 3 nitrogen and oxygen atoms in total. The molecule has 2 rings (SSSR count). The van der Waals surface area contributed by atoms with Crippen LogP contribution in [0, 0.1) is 20.8 Å².